The van der Waals surface area contributed by atoms with Gasteiger partial charge < -0.3 is 4.74 Å². The first-order valence-electron chi connectivity index (χ1n) is 6.34. The third-order valence-corrected chi connectivity index (χ3v) is 3.24. The molecule has 0 heterocycles. The van der Waals surface area contributed by atoms with Gasteiger partial charge in [-0.3, -0.25) is 0 Å². The minimum atomic E-state index is 0.509. The Hall–Kier alpha value is -2.27. The average Bonchev–Trinajstić information content (AvgIpc) is 2.46. The first kappa shape index (κ1) is 13.2. The predicted octanol–water partition coefficient (Wildman–Crippen LogP) is 4.36. The number of nitrogens with zero attached hydrogens (tertiary/aromatic N) is 1. The first-order chi connectivity index (χ1) is 9.15. The highest BCUT2D eigenvalue weighted by atomic mass is 16.5. The Morgan fingerprint density at radius 1 is 1.05 bits per heavy atom. The van der Waals surface area contributed by atoms with Gasteiger partial charge in [-0.15, -0.1) is 0 Å². The minimum absolute atomic E-state index is 0.509. The predicted molar refractivity (Wildman–Crippen MR) is 77.2 cm³/mol. The topological polar surface area (TPSA) is 33.0 Å². The Morgan fingerprint density at radius 3 is 2.26 bits per heavy atom. The molecule has 0 aromatic heterocycles. The van der Waals surface area contributed by atoms with E-state index in [1.165, 1.54) is 5.56 Å². The summed E-state index contributed by atoms with van der Waals surface area (Å²) >= 11 is 0. The fraction of sp³-hybridized carbons (Fsp3) is 0.235. The van der Waals surface area contributed by atoms with Gasteiger partial charge in [-0.25, -0.2) is 0 Å². The van der Waals surface area contributed by atoms with Crippen molar-refractivity contribution < 1.29 is 4.74 Å². The second kappa shape index (κ2) is 5.58. The monoisotopic (exact) mass is 251 g/mol. The maximum atomic E-state index is 9.20. The molecule has 0 bridgehead atoms. The Morgan fingerprint density at radius 2 is 1.74 bits per heavy atom. The largest absolute Gasteiger partial charge is 0.497 e. The second-order valence-corrected chi connectivity index (χ2v) is 4.80. The molecular formula is C17H17NO. The zero-order valence-corrected chi connectivity index (χ0v) is 11.5. The molecule has 0 spiro atoms. The highest BCUT2D eigenvalue weighted by Gasteiger charge is 2.07. The molecule has 0 saturated heterocycles. The lowest BCUT2D eigenvalue weighted by molar-refractivity contribution is 0.415. The van der Waals surface area contributed by atoms with Crippen LogP contribution in [0.4, 0.5) is 0 Å². The Kier molecular flexibility index (Phi) is 3.87. The van der Waals surface area contributed by atoms with E-state index in [2.05, 4.69) is 44.2 Å². The molecule has 2 aromatic carbocycles. The van der Waals surface area contributed by atoms with E-state index >= 15 is 0 Å². The van der Waals surface area contributed by atoms with E-state index in [0.717, 1.165) is 16.9 Å². The molecule has 19 heavy (non-hydrogen) atoms. The quantitative estimate of drug-likeness (QED) is 0.812. The van der Waals surface area contributed by atoms with Crippen LogP contribution in [0, 0.1) is 11.3 Å². The van der Waals surface area contributed by atoms with Crippen molar-refractivity contribution in [1.82, 2.24) is 0 Å². The summed E-state index contributed by atoms with van der Waals surface area (Å²) < 4.78 is 5.23. The number of ether oxygens (including phenoxy) is 1. The summed E-state index contributed by atoms with van der Waals surface area (Å²) in [4.78, 5) is 0. The summed E-state index contributed by atoms with van der Waals surface area (Å²) in [5.41, 5.74) is 3.92. The van der Waals surface area contributed by atoms with Gasteiger partial charge in [0.05, 0.1) is 18.7 Å². The molecule has 0 unspecified atom stereocenters. The lowest BCUT2D eigenvalue weighted by atomic mass is 9.96. The lowest BCUT2D eigenvalue weighted by Crippen LogP contribution is -1.90. The summed E-state index contributed by atoms with van der Waals surface area (Å²) in [5, 5.41) is 9.20. The van der Waals surface area contributed by atoms with Gasteiger partial charge in [-0.1, -0.05) is 38.1 Å². The van der Waals surface area contributed by atoms with E-state index in [4.69, 9.17) is 4.74 Å². The molecule has 0 fully saturated rings. The molecular weight excluding hydrogens is 234 g/mol. The zero-order valence-electron chi connectivity index (χ0n) is 11.5. The van der Waals surface area contributed by atoms with Crippen LogP contribution in [0.1, 0.15) is 30.9 Å². The van der Waals surface area contributed by atoms with Crippen LogP contribution in [0.5, 0.6) is 5.75 Å². The van der Waals surface area contributed by atoms with Crippen LogP contribution >= 0.6 is 0 Å². The SMILES string of the molecule is COc1ccc(C#N)c(-c2ccc(C(C)C)cc2)c1. The van der Waals surface area contributed by atoms with Gasteiger partial charge in [-0.05, 0) is 35.2 Å². The fourth-order valence-electron chi connectivity index (χ4n) is 2.03. The van der Waals surface area contributed by atoms with Crippen molar-refractivity contribution in [3.63, 3.8) is 0 Å². The molecule has 0 atom stereocenters. The summed E-state index contributed by atoms with van der Waals surface area (Å²) in [5.74, 6) is 1.27. The number of methoxy groups -OCH3 is 1. The van der Waals surface area contributed by atoms with E-state index in [0.29, 0.717) is 11.5 Å². The molecule has 0 aliphatic heterocycles. The van der Waals surface area contributed by atoms with Crippen LogP contribution < -0.4 is 4.74 Å². The van der Waals surface area contributed by atoms with Crippen molar-refractivity contribution in [3.05, 3.63) is 53.6 Å². The van der Waals surface area contributed by atoms with Crippen molar-refractivity contribution in [2.24, 2.45) is 0 Å². The van der Waals surface area contributed by atoms with Gasteiger partial charge in [0, 0.05) is 5.56 Å². The van der Waals surface area contributed by atoms with Gasteiger partial charge in [0.2, 0.25) is 0 Å². The normalized spacial score (nSPS) is 10.3. The maximum absolute atomic E-state index is 9.20. The standard InChI is InChI=1S/C17H17NO/c1-12(2)13-4-6-14(7-5-13)17-10-16(19-3)9-8-15(17)11-18/h4-10,12H,1-3H3. The van der Waals surface area contributed by atoms with Crippen LogP contribution in [0.3, 0.4) is 0 Å². The molecule has 0 aliphatic carbocycles. The molecule has 0 aliphatic rings. The van der Waals surface area contributed by atoms with E-state index in [9.17, 15) is 5.26 Å². The highest BCUT2D eigenvalue weighted by molar-refractivity contribution is 5.72. The Bertz CT molecular complexity index is 606. The number of rotatable bonds is 3. The molecule has 0 N–H and O–H groups in total. The molecule has 2 nitrogen and oxygen atoms in total. The van der Waals surface area contributed by atoms with Crippen molar-refractivity contribution in [2.45, 2.75) is 19.8 Å². The van der Waals surface area contributed by atoms with Crippen LogP contribution in [-0.2, 0) is 0 Å². The molecule has 0 saturated carbocycles. The van der Waals surface area contributed by atoms with Gasteiger partial charge in [-0.2, -0.15) is 5.26 Å². The van der Waals surface area contributed by atoms with Crippen molar-refractivity contribution >= 4 is 0 Å². The van der Waals surface area contributed by atoms with Crippen LogP contribution in [-0.4, -0.2) is 7.11 Å². The van der Waals surface area contributed by atoms with Crippen molar-refractivity contribution in [2.75, 3.05) is 7.11 Å². The van der Waals surface area contributed by atoms with E-state index in [-0.39, 0.29) is 0 Å². The molecule has 2 aromatic rings. The van der Waals surface area contributed by atoms with E-state index in [1.54, 1.807) is 13.2 Å². The number of hydrogen-bond donors (Lipinski definition) is 0. The number of hydrogen-bond acceptors (Lipinski definition) is 2. The average molecular weight is 251 g/mol. The lowest BCUT2D eigenvalue weighted by Gasteiger charge is -2.09. The van der Waals surface area contributed by atoms with E-state index < -0.39 is 0 Å². The molecule has 96 valence electrons. The first-order valence-corrected chi connectivity index (χ1v) is 6.34. The summed E-state index contributed by atoms with van der Waals surface area (Å²) in [7, 11) is 1.63. The van der Waals surface area contributed by atoms with Crippen LogP contribution in [0.2, 0.25) is 0 Å². The summed E-state index contributed by atoms with van der Waals surface area (Å²) in [6.07, 6.45) is 0. The van der Waals surface area contributed by atoms with Crippen molar-refractivity contribution in [1.29, 1.82) is 5.26 Å². The fourth-order valence-corrected chi connectivity index (χ4v) is 2.03. The van der Waals surface area contributed by atoms with Crippen LogP contribution in [0.25, 0.3) is 11.1 Å². The second-order valence-electron chi connectivity index (χ2n) is 4.80. The number of nitriles is 1. The summed E-state index contributed by atoms with van der Waals surface area (Å²) in [6.45, 7) is 4.34. The van der Waals surface area contributed by atoms with Gasteiger partial charge in [0.1, 0.15) is 5.75 Å². The van der Waals surface area contributed by atoms with E-state index in [1.807, 2.05) is 12.1 Å². The maximum Gasteiger partial charge on any atom is 0.119 e. The summed E-state index contributed by atoms with van der Waals surface area (Å²) in [6, 6.07) is 16.1. The van der Waals surface area contributed by atoms with Gasteiger partial charge in [0.15, 0.2) is 0 Å². The van der Waals surface area contributed by atoms with Gasteiger partial charge >= 0.3 is 0 Å². The molecule has 0 amide bonds. The Balaban J connectivity index is 2.48. The van der Waals surface area contributed by atoms with Crippen LogP contribution in [0.15, 0.2) is 42.5 Å². The van der Waals surface area contributed by atoms with Crippen molar-refractivity contribution in [3.8, 4) is 22.9 Å². The highest BCUT2D eigenvalue weighted by Crippen LogP contribution is 2.28. The third-order valence-electron chi connectivity index (χ3n) is 3.24. The molecule has 2 rings (SSSR count). The molecule has 0 radical (unpaired) electrons. The smallest absolute Gasteiger partial charge is 0.119 e. The Labute approximate surface area is 114 Å². The minimum Gasteiger partial charge on any atom is -0.497 e. The number of benzene rings is 2. The van der Waals surface area contributed by atoms with Gasteiger partial charge in [0.25, 0.3) is 0 Å². The molecule has 2 heteroatoms. The third kappa shape index (κ3) is 2.77. The zero-order chi connectivity index (χ0) is 13.8.